The molecule has 0 aliphatic carbocycles. The van der Waals surface area contributed by atoms with Crippen LogP contribution in [0.2, 0.25) is 0 Å². The number of carbonyl (C=O) groups is 2. The van der Waals surface area contributed by atoms with Gasteiger partial charge < -0.3 is 15.4 Å². The first-order chi connectivity index (χ1) is 8.72. The van der Waals surface area contributed by atoms with Crippen LogP contribution in [0.3, 0.4) is 0 Å². The lowest BCUT2D eigenvalue weighted by molar-refractivity contribution is -0.151. The molecule has 0 saturated carbocycles. The third kappa shape index (κ3) is 5.55. The Morgan fingerprint density at radius 1 is 1.26 bits per heavy atom. The molecule has 6 heteroatoms. The molecule has 0 heterocycles. The second-order valence-electron chi connectivity index (χ2n) is 4.99. The number of esters is 1. The van der Waals surface area contributed by atoms with E-state index in [4.69, 9.17) is 22.7 Å². The third-order valence-electron chi connectivity index (χ3n) is 2.75. The van der Waals surface area contributed by atoms with Gasteiger partial charge in [0.05, 0.1) is 17.5 Å². The van der Waals surface area contributed by atoms with E-state index >= 15 is 0 Å². The maximum Gasteiger partial charge on any atom is 0.325 e. The van der Waals surface area contributed by atoms with Crippen LogP contribution in [0.4, 0.5) is 0 Å². The van der Waals surface area contributed by atoms with Gasteiger partial charge in [0.2, 0.25) is 5.91 Å². The molecule has 0 aliphatic heterocycles. The van der Waals surface area contributed by atoms with E-state index in [0.29, 0.717) is 6.61 Å². The van der Waals surface area contributed by atoms with Crippen molar-refractivity contribution in [1.29, 1.82) is 0 Å². The van der Waals surface area contributed by atoms with Gasteiger partial charge in [0.15, 0.2) is 0 Å². The molecule has 0 saturated heterocycles. The van der Waals surface area contributed by atoms with Crippen molar-refractivity contribution in [2.75, 3.05) is 13.2 Å². The minimum Gasteiger partial charge on any atom is -0.465 e. The first kappa shape index (κ1) is 17.8. The van der Waals surface area contributed by atoms with Crippen LogP contribution in [0, 0.1) is 11.8 Å². The highest BCUT2D eigenvalue weighted by atomic mass is 32.1. The topological polar surface area (TPSA) is 72.6 Å². The van der Waals surface area contributed by atoms with Gasteiger partial charge in [-0.3, -0.25) is 9.59 Å². The fourth-order valence-electron chi connectivity index (χ4n) is 1.77. The van der Waals surface area contributed by atoms with Gasteiger partial charge in [-0.05, 0) is 26.7 Å². The van der Waals surface area contributed by atoms with Crippen molar-refractivity contribution in [3.8, 4) is 0 Å². The molecule has 5 nitrogen and oxygen atoms in total. The summed E-state index contributed by atoms with van der Waals surface area (Å²) in [5.74, 6) is -1.19. The van der Waals surface area contributed by atoms with Crippen molar-refractivity contribution in [1.82, 2.24) is 4.90 Å². The van der Waals surface area contributed by atoms with Gasteiger partial charge in [0, 0.05) is 6.04 Å². The highest BCUT2D eigenvalue weighted by Crippen LogP contribution is 2.16. The number of amides is 1. The zero-order valence-corrected chi connectivity index (χ0v) is 13.1. The van der Waals surface area contributed by atoms with Crippen molar-refractivity contribution in [2.24, 2.45) is 17.6 Å². The van der Waals surface area contributed by atoms with E-state index in [1.807, 2.05) is 27.7 Å². The summed E-state index contributed by atoms with van der Waals surface area (Å²) in [5.41, 5.74) is 5.63. The van der Waals surface area contributed by atoms with Crippen molar-refractivity contribution in [3.05, 3.63) is 0 Å². The van der Waals surface area contributed by atoms with Gasteiger partial charge in [0.25, 0.3) is 0 Å². The number of nitrogens with two attached hydrogens (primary N) is 1. The predicted octanol–water partition coefficient (Wildman–Crippen LogP) is 1.34. The molecule has 1 unspecified atom stereocenters. The fourth-order valence-corrected chi connectivity index (χ4v) is 2.15. The van der Waals surface area contributed by atoms with Crippen LogP contribution < -0.4 is 5.73 Å². The molecule has 110 valence electrons. The molecule has 1 amide bonds. The van der Waals surface area contributed by atoms with Crippen molar-refractivity contribution in [2.45, 2.75) is 40.7 Å². The summed E-state index contributed by atoms with van der Waals surface area (Å²) in [4.78, 5) is 25.6. The average Bonchev–Trinajstić information content (AvgIpc) is 2.24. The molecular formula is C13H24N2O3S. The number of hydrogen-bond acceptors (Lipinski definition) is 4. The minimum atomic E-state index is -0.549. The second kappa shape index (κ2) is 8.09. The molecule has 0 aromatic rings. The van der Waals surface area contributed by atoms with Gasteiger partial charge in [-0.1, -0.05) is 26.1 Å². The summed E-state index contributed by atoms with van der Waals surface area (Å²) in [6, 6.07) is -0.118. The average molecular weight is 288 g/mol. The Hall–Kier alpha value is -1.17. The van der Waals surface area contributed by atoms with Crippen LogP contribution in [0.25, 0.3) is 0 Å². The van der Waals surface area contributed by atoms with Gasteiger partial charge in [0.1, 0.15) is 6.54 Å². The predicted molar refractivity (Wildman–Crippen MR) is 78.6 cm³/mol. The normalized spacial score (nSPS) is 12.4. The maximum atomic E-state index is 12.5. The minimum absolute atomic E-state index is 0.00607. The van der Waals surface area contributed by atoms with Crippen LogP contribution in [0.15, 0.2) is 0 Å². The van der Waals surface area contributed by atoms with Crippen molar-refractivity contribution < 1.29 is 14.3 Å². The Balaban J connectivity index is 5.01. The van der Waals surface area contributed by atoms with Gasteiger partial charge in [-0.2, -0.15) is 0 Å². The van der Waals surface area contributed by atoms with Gasteiger partial charge >= 0.3 is 5.97 Å². The van der Waals surface area contributed by atoms with E-state index in [1.54, 1.807) is 6.92 Å². The summed E-state index contributed by atoms with van der Waals surface area (Å²) in [6.45, 7) is 9.39. The van der Waals surface area contributed by atoms with Crippen molar-refractivity contribution in [3.63, 3.8) is 0 Å². The molecule has 0 spiro atoms. The first-order valence-electron chi connectivity index (χ1n) is 6.47. The summed E-state index contributed by atoms with van der Waals surface area (Å²) < 4.78 is 4.88. The molecular weight excluding hydrogens is 264 g/mol. The third-order valence-corrected chi connectivity index (χ3v) is 3.00. The lowest BCUT2D eigenvalue weighted by atomic mass is 9.94. The standard InChI is InChI=1S/C13H24N2O3S/c1-6-18-10(16)7-15(9(4)5)13(17)11(8(2)3)12(14)19/h8-9,11H,6-7H2,1-5H3,(H2,14,19). The highest BCUT2D eigenvalue weighted by Gasteiger charge is 2.32. The SMILES string of the molecule is CCOC(=O)CN(C(=O)C(C(N)=S)C(C)C)C(C)C. The summed E-state index contributed by atoms with van der Waals surface area (Å²) in [7, 11) is 0. The Kier molecular flexibility index (Phi) is 7.59. The fraction of sp³-hybridized carbons (Fsp3) is 0.769. The van der Waals surface area contributed by atoms with Crippen LogP contribution in [0.5, 0.6) is 0 Å². The van der Waals surface area contributed by atoms with E-state index in [-0.39, 0.29) is 29.4 Å². The largest absolute Gasteiger partial charge is 0.465 e. The smallest absolute Gasteiger partial charge is 0.325 e. The highest BCUT2D eigenvalue weighted by molar-refractivity contribution is 7.80. The molecule has 0 bridgehead atoms. The number of thiocarbonyl (C=S) groups is 1. The van der Waals surface area contributed by atoms with Gasteiger partial charge in [-0.25, -0.2) is 0 Å². The lowest BCUT2D eigenvalue weighted by Crippen LogP contribution is -2.48. The molecule has 0 fully saturated rings. The summed E-state index contributed by atoms with van der Waals surface area (Å²) >= 11 is 4.95. The summed E-state index contributed by atoms with van der Waals surface area (Å²) in [5, 5.41) is 0. The van der Waals surface area contributed by atoms with Gasteiger partial charge in [-0.15, -0.1) is 0 Å². The Bertz CT molecular complexity index is 343. The Labute approximate surface area is 120 Å². The zero-order chi connectivity index (χ0) is 15.2. The van der Waals surface area contributed by atoms with Crippen LogP contribution in [-0.2, 0) is 14.3 Å². The quantitative estimate of drug-likeness (QED) is 0.565. The molecule has 1 atom stereocenters. The number of carbonyl (C=O) groups excluding carboxylic acids is 2. The molecule has 19 heavy (non-hydrogen) atoms. The van der Waals surface area contributed by atoms with E-state index in [1.165, 1.54) is 4.90 Å². The zero-order valence-electron chi connectivity index (χ0n) is 12.3. The number of ether oxygens (including phenoxy) is 1. The number of rotatable bonds is 7. The van der Waals surface area contributed by atoms with E-state index in [9.17, 15) is 9.59 Å². The van der Waals surface area contributed by atoms with Crippen LogP contribution >= 0.6 is 12.2 Å². The molecule has 0 radical (unpaired) electrons. The Morgan fingerprint density at radius 3 is 2.11 bits per heavy atom. The number of nitrogens with zero attached hydrogens (tertiary/aromatic N) is 1. The monoisotopic (exact) mass is 288 g/mol. The second-order valence-corrected chi connectivity index (χ2v) is 5.46. The first-order valence-corrected chi connectivity index (χ1v) is 6.88. The lowest BCUT2D eigenvalue weighted by Gasteiger charge is -2.31. The van der Waals surface area contributed by atoms with Crippen molar-refractivity contribution >= 4 is 29.1 Å². The number of hydrogen-bond donors (Lipinski definition) is 1. The van der Waals surface area contributed by atoms with E-state index in [2.05, 4.69) is 0 Å². The van der Waals surface area contributed by atoms with E-state index < -0.39 is 11.9 Å². The molecule has 0 aromatic carbocycles. The van der Waals surface area contributed by atoms with Crippen LogP contribution in [-0.4, -0.2) is 41.0 Å². The summed E-state index contributed by atoms with van der Waals surface area (Å²) in [6.07, 6.45) is 0. The molecule has 0 aliphatic rings. The van der Waals surface area contributed by atoms with Crippen LogP contribution in [0.1, 0.15) is 34.6 Å². The molecule has 2 N–H and O–H groups in total. The molecule has 0 rings (SSSR count). The van der Waals surface area contributed by atoms with E-state index in [0.717, 1.165) is 0 Å². The molecule has 0 aromatic heterocycles. The maximum absolute atomic E-state index is 12.5. The Morgan fingerprint density at radius 2 is 1.79 bits per heavy atom.